The van der Waals surface area contributed by atoms with Crippen molar-refractivity contribution in [1.82, 2.24) is 15.1 Å². The molecule has 1 N–H and O–H groups in total. The average molecular weight is 368 g/mol. The van der Waals surface area contributed by atoms with Crippen LogP contribution in [0.2, 0.25) is 0 Å². The molecule has 1 aromatic carbocycles. The number of amides is 3. The first kappa shape index (κ1) is 16.2. The first-order chi connectivity index (χ1) is 12.6. The molecular formula is C17H12N4O4S. The van der Waals surface area contributed by atoms with Gasteiger partial charge in [-0.3, -0.25) is 24.6 Å². The number of rotatable bonds is 5. The second kappa shape index (κ2) is 6.52. The van der Waals surface area contributed by atoms with Crippen LogP contribution in [0.15, 0.2) is 46.2 Å². The van der Waals surface area contributed by atoms with Gasteiger partial charge in [0, 0.05) is 4.88 Å². The van der Waals surface area contributed by atoms with Crippen LogP contribution in [0, 0.1) is 0 Å². The maximum Gasteiger partial charge on any atom is 0.322 e. The Morgan fingerprint density at radius 3 is 2.46 bits per heavy atom. The Balaban J connectivity index is 1.40. The van der Waals surface area contributed by atoms with E-state index in [2.05, 4.69) is 15.5 Å². The molecule has 1 aliphatic rings. The summed E-state index contributed by atoms with van der Waals surface area (Å²) in [5, 5.41) is 12.0. The molecule has 0 spiro atoms. The maximum atomic E-state index is 12.3. The zero-order chi connectivity index (χ0) is 18.1. The molecule has 3 aromatic rings. The fourth-order valence-corrected chi connectivity index (χ4v) is 3.32. The van der Waals surface area contributed by atoms with Crippen LogP contribution < -0.4 is 5.32 Å². The standard InChI is InChI=1S/C17H12N4O4S/c22-13(9-21-15(23)11-5-1-2-6-12(11)16(21)24)18-17-20-19-14(25-17)8-10-4-3-7-26-10/h1-7H,8-9H2,(H,18,20,22). The number of anilines is 1. The molecule has 8 nitrogen and oxygen atoms in total. The van der Waals surface area contributed by atoms with Crippen molar-refractivity contribution in [2.75, 3.05) is 11.9 Å². The minimum Gasteiger partial charge on any atom is -0.407 e. The molecule has 4 rings (SSSR count). The Hall–Kier alpha value is -3.33. The van der Waals surface area contributed by atoms with E-state index in [0.717, 1.165) is 9.78 Å². The molecular weight excluding hydrogens is 356 g/mol. The van der Waals surface area contributed by atoms with E-state index in [1.54, 1.807) is 35.6 Å². The quantitative estimate of drug-likeness (QED) is 0.690. The normalized spacial score (nSPS) is 13.2. The van der Waals surface area contributed by atoms with Gasteiger partial charge in [0.1, 0.15) is 6.54 Å². The molecule has 1 aliphatic heterocycles. The number of aromatic nitrogens is 2. The summed E-state index contributed by atoms with van der Waals surface area (Å²) in [4.78, 5) is 38.6. The number of nitrogens with zero attached hydrogens (tertiary/aromatic N) is 3. The molecule has 26 heavy (non-hydrogen) atoms. The van der Waals surface area contributed by atoms with E-state index in [-0.39, 0.29) is 6.01 Å². The number of hydrogen-bond donors (Lipinski definition) is 1. The molecule has 0 saturated carbocycles. The number of fused-ring (bicyclic) bond motifs is 1. The number of carbonyl (C=O) groups excluding carboxylic acids is 3. The van der Waals surface area contributed by atoms with Crippen molar-refractivity contribution >= 4 is 35.1 Å². The smallest absolute Gasteiger partial charge is 0.322 e. The van der Waals surface area contributed by atoms with Crippen LogP contribution in [-0.4, -0.2) is 39.4 Å². The topological polar surface area (TPSA) is 105 Å². The summed E-state index contributed by atoms with van der Waals surface area (Å²) < 4.78 is 5.37. The number of carbonyl (C=O) groups is 3. The molecule has 2 aromatic heterocycles. The Morgan fingerprint density at radius 2 is 1.81 bits per heavy atom. The largest absolute Gasteiger partial charge is 0.407 e. The van der Waals surface area contributed by atoms with Gasteiger partial charge in [-0.05, 0) is 23.6 Å². The molecule has 130 valence electrons. The Bertz CT molecular complexity index is 961. The van der Waals surface area contributed by atoms with Gasteiger partial charge in [-0.2, -0.15) is 0 Å². The maximum absolute atomic E-state index is 12.3. The zero-order valence-electron chi connectivity index (χ0n) is 13.3. The second-order valence-corrected chi connectivity index (χ2v) is 6.58. The molecule has 0 radical (unpaired) electrons. The highest BCUT2D eigenvalue weighted by Gasteiger charge is 2.36. The van der Waals surface area contributed by atoms with E-state index in [1.165, 1.54) is 0 Å². The third-order valence-electron chi connectivity index (χ3n) is 3.80. The number of hydrogen-bond acceptors (Lipinski definition) is 7. The number of nitrogens with one attached hydrogen (secondary N) is 1. The van der Waals surface area contributed by atoms with Crippen molar-refractivity contribution in [2.45, 2.75) is 6.42 Å². The number of thiophene rings is 1. The van der Waals surface area contributed by atoms with E-state index in [9.17, 15) is 14.4 Å². The average Bonchev–Trinajstić information content (AvgIpc) is 3.35. The molecule has 0 atom stereocenters. The zero-order valence-corrected chi connectivity index (χ0v) is 14.2. The lowest BCUT2D eigenvalue weighted by Gasteiger charge is -2.12. The van der Waals surface area contributed by atoms with Gasteiger partial charge in [-0.15, -0.1) is 16.4 Å². The van der Waals surface area contributed by atoms with Gasteiger partial charge in [-0.25, -0.2) is 0 Å². The number of benzene rings is 1. The van der Waals surface area contributed by atoms with Gasteiger partial charge in [0.15, 0.2) is 0 Å². The minimum absolute atomic E-state index is 0.0711. The van der Waals surface area contributed by atoms with Crippen molar-refractivity contribution in [1.29, 1.82) is 0 Å². The summed E-state index contributed by atoms with van der Waals surface area (Å²) in [5.74, 6) is -1.22. The third kappa shape index (κ3) is 3.00. The van der Waals surface area contributed by atoms with Crippen LogP contribution in [0.3, 0.4) is 0 Å². The summed E-state index contributed by atoms with van der Waals surface area (Å²) in [5.41, 5.74) is 0.586. The van der Waals surface area contributed by atoms with Gasteiger partial charge in [0.25, 0.3) is 11.8 Å². The van der Waals surface area contributed by atoms with Crippen LogP contribution >= 0.6 is 11.3 Å². The predicted molar refractivity (Wildman–Crippen MR) is 91.9 cm³/mol. The molecule has 3 amide bonds. The fraction of sp³-hybridized carbons (Fsp3) is 0.118. The summed E-state index contributed by atoms with van der Waals surface area (Å²) in [7, 11) is 0. The molecule has 0 aliphatic carbocycles. The fourth-order valence-electron chi connectivity index (χ4n) is 2.62. The van der Waals surface area contributed by atoms with Crippen molar-refractivity contribution in [3.05, 3.63) is 63.7 Å². The summed E-state index contributed by atoms with van der Waals surface area (Å²) in [6, 6.07) is 10.2. The van der Waals surface area contributed by atoms with Crippen molar-refractivity contribution in [3.63, 3.8) is 0 Å². The monoisotopic (exact) mass is 368 g/mol. The van der Waals surface area contributed by atoms with E-state index in [1.807, 2.05) is 17.5 Å². The van der Waals surface area contributed by atoms with E-state index in [4.69, 9.17) is 4.42 Å². The van der Waals surface area contributed by atoms with Crippen molar-refractivity contribution in [3.8, 4) is 0 Å². The van der Waals surface area contributed by atoms with Crippen molar-refractivity contribution in [2.24, 2.45) is 0 Å². The summed E-state index contributed by atoms with van der Waals surface area (Å²) >= 11 is 1.56. The van der Waals surface area contributed by atoms with Crippen LogP contribution in [0.1, 0.15) is 31.5 Å². The van der Waals surface area contributed by atoms with Gasteiger partial charge in [-0.1, -0.05) is 23.3 Å². The lowest BCUT2D eigenvalue weighted by atomic mass is 10.1. The third-order valence-corrected chi connectivity index (χ3v) is 4.68. The summed E-state index contributed by atoms with van der Waals surface area (Å²) in [6.45, 7) is -0.422. The van der Waals surface area contributed by atoms with Crippen LogP contribution in [0.5, 0.6) is 0 Å². The highest BCUT2D eigenvalue weighted by atomic mass is 32.1. The first-order valence-electron chi connectivity index (χ1n) is 7.71. The van der Waals surface area contributed by atoms with Gasteiger partial charge in [0.05, 0.1) is 17.5 Å². The van der Waals surface area contributed by atoms with E-state index < -0.39 is 24.3 Å². The van der Waals surface area contributed by atoms with Gasteiger partial charge >= 0.3 is 6.01 Å². The lowest BCUT2D eigenvalue weighted by Crippen LogP contribution is -2.37. The molecule has 9 heteroatoms. The minimum atomic E-state index is -0.592. The summed E-state index contributed by atoms with van der Waals surface area (Å²) in [6.07, 6.45) is 0.471. The van der Waals surface area contributed by atoms with E-state index >= 15 is 0 Å². The molecule has 0 saturated heterocycles. The van der Waals surface area contributed by atoms with Crippen molar-refractivity contribution < 1.29 is 18.8 Å². The van der Waals surface area contributed by atoms with Gasteiger partial charge in [0.2, 0.25) is 11.8 Å². The lowest BCUT2D eigenvalue weighted by molar-refractivity contribution is -0.116. The Labute approximate surface area is 151 Å². The Morgan fingerprint density at radius 1 is 1.08 bits per heavy atom. The Kier molecular flexibility index (Phi) is 4.05. The van der Waals surface area contributed by atoms with E-state index in [0.29, 0.717) is 23.4 Å². The molecule has 0 unspecified atom stereocenters. The molecule has 3 heterocycles. The molecule has 0 fully saturated rings. The van der Waals surface area contributed by atoms with Crippen LogP contribution in [0.25, 0.3) is 0 Å². The predicted octanol–water partition coefficient (Wildman–Crippen LogP) is 1.96. The van der Waals surface area contributed by atoms with Crippen LogP contribution in [-0.2, 0) is 11.2 Å². The first-order valence-corrected chi connectivity index (χ1v) is 8.59. The SMILES string of the molecule is O=C(CN1C(=O)c2ccccc2C1=O)Nc1nnc(Cc2cccs2)o1. The van der Waals surface area contributed by atoms with Gasteiger partial charge < -0.3 is 4.42 Å². The highest BCUT2D eigenvalue weighted by Crippen LogP contribution is 2.22. The second-order valence-electron chi connectivity index (χ2n) is 5.55. The number of imide groups is 1. The highest BCUT2D eigenvalue weighted by molar-refractivity contribution is 7.09. The van der Waals surface area contributed by atoms with Crippen LogP contribution in [0.4, 0.5) is 6.01 Å². The molecule has 0 bridgehead atoms.